The summed E-state index contributed by atoms with van der Waals surface area (Å²) < 4.78 is 0.894. The second-order valence-corrected chi connectivity index (χ2v) is 5.23. The van der Waals surface area contributed by atoms with Crippen LogP contribution in [0.2, 0.25) is 0 Å². The molecule has 0 aliphatic heterocycles. The number of nitrogens with one attached hydrogen (secondary N) is 1. The van der Waals surface area contributed by atoms with Gasteiger partial charge in [-0.1, -0.05) is 25.1 Å². The molecule has 2 aromatic rings. The van der Waals surface area contributed by atoms with Gasteiger partial charge in [-0.2, -0.15) is 4.98 Å². The van der Waals surface area contributed by atoms with E-state index in [0.29, 0.717) is 5.95 Å². The van der Waals surface area contributed by atoms with E-state index in [-0.39, 0.29) is 0 Å². The van der Waals surface area contributed by atoms with Crippen molar-refractivity contribution >= 4 is 33.4 Å². The summed E-state index contributed by atoms with van der Waals surface area (Å²) in [6.07, 6.45) is 2.84. The molecule has 1 heterocycles. The van der Waals surface area contributed by atoms with Crippen molar-refractivity contribution in [3.8, 4) is 0 Å². The maximum absolute atomic E-state index is 4.61. The Morgan fingerprint density at radius 1 is 1.20 bits per heavy atom. The SMILES string of the molecule is CCCNc1ncc(Br)c(N(CC)c2ccccc2)n1. The van der Waals surface area contributed by atoms with Gasteiger partial charge in [0.25, 0.3) is 0 Å². The number of para-hydroxylation sites is 1. The van der Waals surface area contributed by atoms with Crippen LogP contribution in [0.5, 0.6) is 0 Å². The van der Waals surface area contributed by atoms with Crippen LogP contribution < -0.4 is 10.2 Å². The van der Waals surface area contributed by atoms with E-state index in [1.54, 1.807) is 6.20 Å². The molecule has 106 valence electrons. The predicted molar refractivity (Wildman–Crippen MR) is 87.6 cm³/mol. The van der Waals surface area contributed by atoms with Crippen molar-refractivity contribution in [1.29, 1.82) is 0 Å². The van der Waals surface area contributed by atoms with Crippen molar-refractivity contribution in [3.05, 3.63) is 41.0 Å². The fourth-order valence-electron chi connectivity index (χ4n) is 1.93. The quantitative estimate of drug-likeness (QED) is 0.858. The largest absolute Gasteiger partial charge is 0.354 e. The lowest BCUT2D eigenvalue weighted by atomic mass is 10.3. The molecule has 0 saturated carbocycles. The minimum Gasteiger partial charge on any atom is -0.354 e. The molecule has 5 heteroatoms. The highest BCUT2D eigenvalue weighted by atomic mass is 79.9. The number of hydrogen-bond donors (Lipinski definition) is 1. The van der Waals surface area contributed by atoms with Gasteiger partial charge in [-0.25, -0.2) is 4.98 Å². The molecule has 0 amide bonds. The number of hydrogen-bond acceptors (Lipinski definition) is 4. The Balaban J connectivity index is 2.33. The van der Waals surface area contributed by atoms with Crippen LogP contribution in [-0.4, -0.2) is 23.1 Å². The summed E-state index contributed by atoms with van der Waals surface area (Å²) in [7, 11) is 0. The molecule has 0 aliphatic rings. The van der Waals surface area contributed by atoms with Crippen LogP contribution in [0.4, 0.5) is 17.5 Å². The number of aromatic nitrogens is 2. The molecule has 0 bridgehead atoms. The summed E-state index contributed by atoms with van der Waals surface area (Å²) in [5.74, 6) is 1.55. The van der Waals surface area contributed by atoms with Crippen molar-refractivity contribution in [3.63, 3.8) is 0 Å². The highest BCUT2D eigenvalue weighted by Crippen LogP contribution is 2.30. The molecular weight excluding hydrogens is 316 g/mol. The lowest BCUT2D eigenvalue weighted by Crippen LogP contribution is -2.19. The molecule has 1 N–H and O–H groups in total. The molecule has 0 spiro atoms. The molecule has 0 atom stereocenters. The van der Waals surface area contributed by atoms with E-state index in [1.165, 1.54) is 0 Å². The van der Waals surface area contributed by atoms with Gasteiger partial charge in [0.15, 0.2) is 5.82 Å². The van der Waals surface area contributed by atoms with Crippen LogP contribution in [0.25, 0.3) is 0 Å². The smallest absolute Gasteiger partial charge is 0.224 e. The Morgan fingerprint density at radius 2 is 1.95 bits per heavy atom. The van der Waals surface area contributed by atoms with Gasteiger partial charge in [-0.3, -0.25) is 0 Å². The van der Waals surface area contributed by atoms with Crippen LogP contribution in [0.3, 0.4) is 0 Å². The Morgan fingerprint density at radius 3 is 2.60 bits per heavy atom. The zero-order valence-corrected chi connectivity index (χ0v) is 13.4. The molecule has 20 heavy (non-hydrogen) atoms. The first-order valence-corrected chi connectivity index (χ1v) is 7.64. The van der Waals surface area contributed by atoms with Crippen LogP contribution in [-0.2, 0) is 0 Å². The summed E-state index contributed by atoms with van der Waals surface area (Å²) in [4.78, 5) is 11.1. The van der Waals surface area contributed by atoms with Crippen LogP contribution in [0.15, 0.2) is 41.0 Å². The summed E-state index contributed by atoms with van der Waals surface area (Å²) in [6, 6.07) is 10.2. The maximum atomic E-state index is 4.61. The Labute approximate surface area is 128 Å². The summed E-state index contributed by atoms with van der Waals surface area (Å²) in [6.45, 7) is 5.95. The fraction of sp³-hybridized carbons (Fsp3) is 0.333. The average Bonchev–Trinajstić information content (AvgIpc) is 2.49. The second kappa shape index (κ2) is 7.24. The topological polar surface area (TPSA) is 41.1 Å². The monoisotopic (exact) mass is 334 g/mol. The highest BCUT2D eigenvalue weighted by Gasteiger charge is 2.13. The first-order chi connectivity index (χ1) is 9.76. The molecule has 4 nitrogen and oxygen atoms in total. The molecule has 0 radical (unpaired) electrons. The highest BCUT2D eigenvalue weighted by molar-refractivity contribution is 9.10. The second-order valence-electron chi connectivity index (χ2n) is 4.37. The molecule has 0 saturated heterocycles. The fourth-order valence-corrected chi connectivity index (χ4v) is 2.34. The third-order valence-corrected chi connectivity index (χ3v) is 3.46. The third kappa shape index (κ3) is 3.48. The van der Waals surface area contributed by atoms with Gasteiger partial charge in [-0.15, -0.1) is 0 Å². The Kier molecular flexibility index (Phi) is 5.35. The van der Waals surface area contributed by atoms with Crippen LogP contribution in [0, 0.1) is 0 Å². The number of rotatable bonds is 6. The van der Waals surface area contributed by atoms with Crippen molar-refractivity contribution < 1.29 is 0 Å². The van der Waals surface area contributed by atoms with E-state index in [9.17, 15) is 0 Å². The molecule has 1 aromatic heterocycles. The lowest BCUT2D eigenvalue weighted by molar-refractivity contribution is 0.931. The van der Waals surface area contributed by atoms with E-state index >= 15 is 0 Å². The Bertz CT molecular complexity index is 545. The molecule has 0 unspecified atom stereocenters. The summed E-state index contributed by atoms with van der Waals surface area (Å²) >= 11 is 3.54. The first kappa shape index (κ1) is 14.8. The van der Waals surface area contributed by atoms with E-state index in [1.807, 2.05) is 18.2 Å². The molecule has 2 rings (SSSR count). The van der Waals surface area contributed by atoms with E-state index < -0.39 is 0 Å². The number of anilines is 3. The zero-order valence-electron chi connectivity index (χ0n) is 11.8. The van der Waals surface area contributed by atoms with Crippen molar-refractivity contribution in [2.24, 2.45) is 0 Å². The van der Waals surface area contributed by atoms with Gasteiger partial charge in [0.05, 0.1) is 4.47 Å². The lowest BCUT2D eigenvalue weighted by Gasteiger charge is -2.23. The van der Waals surface area contributed by atoms with Gasteiger partial charge < -0.3 is 10.2 Å². The number of benzene rings is 1. The third-order valence-electron chi connectivity index (χ3n) is 2.90. The normalized spacial score (nSPS) is 10.3. The van der Waals surface area contributed by atoms with E-state index in [0.717, 1.165) is 35.5 Å². The van der Waals surface area contributed by atoms with Crippen molar-refractivity contribution in [1.82, 2.24) is 9.97 Å². The van der Waals surface area contributed by atoms with Crippen molar-refractivity contribution in [2.75, 3.05) is 23.3 Å². The van der Waals surface area contributed by atoms with Gasteiger partial charge in [0.2, 0.25) is 5.95 Å². The Hall–Kier alpha value is -1.62. The zero-order chi connectivity index (χ0) is 14.4. The van der Waals surface area contributed by atoms with Crippen LogP contribution >= 0.6 is 15.9 Å². The van der Waals surface area contributed by atoms with Gasteiger partial charge in [0, 0.05) is 25.0 Å². The van der Waals surface area contributed by atoms with Gasteiger partial charge in [0.1, 0.15) is 0 Å². The first-order valence-electron chi connectivity index (χ1n) is 6.85. The summed E-state index contributed by atoms with van der Waals surface area (Å²) in [5, 5.41) is 3.22. The minimum absolute atomic E-state index is 0.666. The van der Waals surface area contributed by atoms with Crippen LogP contribution in [0.1, 0.15) is 20.3 Å². The number of nitrogens with zero attached hydrogens (tertiary/aromatic N) is 3. The van der Waals surface area contributed by atoms with Gasteiger partial charge in [-0.05, 0) is 41.4 Å². The van der Waals surface area contributed by atoms with E-state index in [4.69, 9.17) is 0 Å². The maximum Gasteiger partial charge on any atom is 0.224 e. The minimum atomic E-state index is 0.666. The molecule has 1 aromatic carbocycles. The van der Waals surface area contributed by atoms with Crippen molar-refractivity contribution in [2.45, 2.75) is 20.3 Å². The number of halogens is 1. The average molecular weight is 335 g/mol. The standard InChI is InChI=1S/C15H19BrN4/c1-3-10-17-15-18-11-13(16)14(19-15)20(4-2)12-8-6-5-7-9-12/h5-9,11H,3-4,10H2,1-2H3,(H,17,18,19). The van der Waals surface area contributed by atoms with E-state index in [2.05, 4.69) is 62.1 Å². The van der Waals surface area contributed by atoms with Gasteiger partial charge >= 0.3 is 0 Å². The predicted octanol–water partition coefficient (Wildman–Crippen LogP) is 4.22. The summed E-state index contributed by atoms with van der Waals surface area (Å²) in [5.41, 5.74) is 1.12. The molecular formula is C15H19BrN4. The molecule has 0 fully saturated rings. The molecule has 0 aliphatic carbocycles.